The molecular formula is C14H17N3O3. The summed E-state index contributed by atoms with van der Waals surface area (Å²) in [4.78, 5) is 36.1. The summed E-state index contributed by atoms with van der Waals surface area (Å²) in [5, 5.41) is 5.57. The Hall–Kier alpha value is -2.37. The molecule has 0 bridgehead atoms. The number of hydrogen-bond donors (Lipinski definition) is 2. The van der Waals surface area contributed by atoms with Gasteiger partial charge in [-0.05, 0) is 32.9 Å². The molecule has 0 saturated carbocycles. The molecule has 0 spiro atoms. The van der Waals surface area contributed by atoms with E-state index >= 15 is 0 Å². The Bertz CT molecular complexity index is 581. The average Bonchev–Trinajstić information content (AvgIpc) is 2.57. The molecule has 0 radical (unpaired) electrons. The monoisotopic (exact) mass is 275 g/mol. The van der Waals surface area contributed by atoms with E-state index in [1.165, 1.54) is 6.92 Å². The van der Waals surface area contributed by atoms with Crippen molar-refractivity contribution in [2.24, 2.45) is 0 Å². The highest BCUT2D eigenvalue weighted by molar-refractivity contribution is 6.06. The Labute approximate surface area is 117 Å². The van der Waals surface area contributed by atoms with Crippen LogP contribution < -0.4 is 10.6 Å². The van der Waals surface area contributed by atoms with E-state index in [1.54, 1.807) is 38.1 Å². The average molecular weight is 275 g/mol. The summed E-state index contributed by atoms with van der Waals surface area (Å²) in [5.74, 6) is -0.317. The zero-order valence-corrected chi connectivity index (χ0v) is 11.7. The molecule has 1 fully saturated rings. The van der Waals surface area contributed by atoms with Gasteiger partial charge in [-0.25, -0.2) is 9.69 Å². The summed E-state index contributed by atoms with van der Waals surface area (Å²) in [6.45, 7) is 4.86. The van der Waals surface area contributed by atoms with E-state index in [1.807, 2.05) is 0 Å². The number of ketones is 1. The minimum Gasteiger partial charge on any atom is -0.367 e. The van der Waals surface area contributed by atoms with Crippen molar-refractivity contribution in [3.8, 4) is 0 Å². The quantitative estimate of drug-likeness (QED) is 0.646. The van der Waals surface area contributed by atoms with Crippen LogP contribution in [0.2, 0.25) is 0 Å². The minimum atomic E-state index is -0.875. The zero-order chi connectivity index (χ0) is 14.9. The van der Waals surface area contributed by atoms with Crippen molar-refractivity contribution >= 4 is 23.4 Å². The first kappa shape index (κ1) is 14.0. The molecule has 1 aromatic carbocycles. The molecular weight excluding hydrogens is 258 g/mol. The Kier molecular flexibility index (Phi) is 3.48. The first-order valence-electron chi connectivity index (χ1n) is 6.30. The second-order valence-electron chi connectivity index (χ2n) is 5.26. The normalized spacial score (nSPS) is 17.1. The molecule has 0 aromatic heterocycles. The van der Waals surface area contributed by atoms with Crippen molar-refractivity contribution in [2.45, 2.75) is 26.3 Å². The van der Waals surface area contributed by atoms with Crippen LogP contribution in [0.5, 0.6) is 0 Å². The molecule has 1 saturated heterocycles. The van der Waals surface area contributed by atoms with Crippen molar-refractivity contribution < 1.29 is 14.4 Å². The highest BCUT2D eigenvalue weighted by Gasteiger charge is 2.43. The second kappa shape index (κ2) is 4.96. The molecule has 1 aliphatic heterocycles. The van der Waals surface area contributed by atoms with Crippen LogP contribution in [0.4, 0.5) is 10.5 Å². The van der Waals surface area contributed by atoms with Crippen molar-refractivity contribution in [3.63, 3.8) is 0 Å². The lowest BCUT2D eigenvalue weighted by molar-refractivity contribution is -0.129. The molecule has 20 heavy (non-hydrogen) atoms. The van der Waals surface area contributed by atoms with Gasteiger partial charge in [0.2, 0.25) is 0 Å². The first-order chi connectivity index (χ1) is 9.31. The van der Waals surface area contributed by atoms with Gasteiger partial charge in [-0.2, -0.15) is 0 Å². The van der Waals surface area contributed by atoms with Crippen LogP contribution >= 0.6 is 0 Å². The summed E-state index contributed by atoms with van der Waals surface area (Å²) in [7, 11) is 0. The highest BCUT2D eigenvalue weighted by Crippen LogP contribution is 2.17. The smallest absolute Gasteiger partial charge is 0.326 e. The lowest BCUT2D eigenvalue weighted by atomic mass is 10.1. The van der Waals surface area contributed by atoms with Gasteiger partial charge >= 0.3 is 6.03 Å². The molecule has 0 aliphatic carbocycles. The van der Waals surface area contributed by atoms with Gasteiger partial charge in [-0.3, -0.25) is 9.59 Å². The summed E-state index contributed by atoms with van der Waals surface area (Å²) in [6, 6.07) is 6.50. The van der Waals surface area contributed by atoms with Crippen LogP contribution in [-0.2, 0) is 4.79 Å². The van der Waals surface area contributed by atoms with E-state index in [-0.39, 0.29) is 18.4 Å². The van der Waals surface area contributed by atoms with Gasteiger partial charge in [0.15, 0.2) is 5.78 Å². The molecule has 2 N–H and O–H groups in total. The number of nitrogens with one attached hydrogen (secondary N) is 2. The Balaban J connectivity index is 2.06. The number of hydrogen-bond acceptors (Lipinski definition) is 4. The van der Waals surface area contributed by atoms with Gasteiger partial charge < -0.3 is 10.6 Å². The van der Waals surface area contributed by atoms with E-state index < -0.39 is 11.6 Å². The van der Waals surface area contributed by atoms with Crippen LogP contribution in [-0.4, -0.2) is 34.8 Å². The summed E-state index contributed by atoms with van der Waals surface area (Å²) in [6.07, 6.45) is 0. The van der Waals surface area contributed by atoms with E-state index in [4.69, 9.17) is 0 Å². The highest BCUT2D eigenvalue weighted by atomic mass is 16.2. The standard InChI is InChI=1S/C14H17N3O3/c1-9(18)10-5-4-6-11(7-10)15-8-17-12(19)14(2,3)16-13(17)20/h4-7,15H,8H2,1-3H3,(H,16,20). The van der Waals surface area contributed by atoms with E-state index in [0.717, 1.165) is 4.90 Å². The lowest BCUT2D eigenvalue weighted by Gasteiger charge is -2.17. The zero-order valence-electron chi connectivity index (χ0n) is 11.7. The van der Waals surface area contributed by atoms with Crippen LogP contribution in [0.3, 0.4) is 0 Å². The molecule has 3 amide bonds. The van der Waals surface area contributed by atoms with Crippen molar-refractivity contribution in [3.05, 3.63) is 29.8 Å². The Morgan fingerprint density at radius 3 is 2.60 bits per heavy atom. The van der Waals surface area contributed by atoms with Crippen LogP contribution in [0.15, 0.2) is 24.3 Å². The number of nitrogens with zero attached hydrogens (tertiary/aromatic N) is 1. The van der Waals surface area contributed by atoms with Gasteiger partial charge in [0.25, 0.3) is 5.91 Å². The third-order valence-electron chi connectivity index (χ3n) is 3.15. The fraction of sp³-hybridized carbons (Fsp3) is 0.357. The van der Waals surface area contributed by atoms with Crippen LogP contribution in [0, 0.1) is 0 Å². The number of benzene rings is 1. The predicted molar refractivity (Wildman–Crippen MR) is 74.4 cm³/mol. The molecule has 2 rings (SSSR count). The summed E-state index contributed by atoms with van der Waals surface area (Å²) in [5.41, 5.74) is 0.385. The lowest BCUT2D eigenvalue weighted by Crippen LogP contribution is -2.41. The maximum Gasteiger partial charge on any atom is 0.326 e. The largest absolute Gasteiger partial charge is 0.367 e. The number of rotatable bonds is 4. The van der Waals surface area contributed by atoms with Gasteiger partial charge in [0.05, 0.1) is 6.67 Å². The van der Waals surface area contributed by atoms with Gasteiger partial charge in [0.1, 0.15) is 5.54 Å². The van der Waals surface area contributed by atoms with E-state index in [9.17, 15) is 14.4 Å². The Morgan fingerprint density at radius 1 is 1.35 bits per heavy atom. The third kappa shape index (κ3) is 2.64. The first-order valence-corrected chi connectivity index (χ1v) is 6.30. The number of carbonyl (C=O) groups excluding carboxylic acids is 3. The fourth-order valence-corrected chi connectivity index (χ4v) is 1.98. The number of urea groups is 1. The Morgan fingerprint density at radius 2 is 2.05 bits per heavy atom. The van der Waals surface area contributed by atoms with Gasteiger partial charge in [-0.1, -0.05) is 12.1 Å². The third-order valence-corrected chi connectivity index (χ3v) is 3.15. The fourth-order valence-electron chi connectivity index (χ4n) is 1.98. The van der Waals surface area contributed by atoms with Crippen molar-refractivity contribution in [1.29, 1.82) is 0 Å². The number of carbonyl (C=O) groups is 3. The molecule has 106 valence electrons. The van der Waals surface area contributed by atoms with Crippen LogP contribution in [0.25, 0.3) is 0 Å². The molecule has 6 nitrogen and oxygen atoms in total. The number of Topliss-reactive ketones (excluding diaryl/α,β-unsaturated/α-hetero) is 1. The van der Waals surface area contributed by atoms with E-state index in [2.05, 4.69) is 10.6 Å². The van der Waals surface area contributed by atoms with Gasteiger partial charge in [-0.15, -0.1) is 0 Å². The topological polar surface area (TPSA) is 78.5 Å². The molecule has 0 unspecified atom stereocenters. The van der Waals surface area contributed by atoms with Gasteiger partial charge in [0, 0.05) is 11.3 Å². The maximum atomic E-state index is 12.0. The molecule has 6 heteroatoms. The molecule has 1 aromatic rings. The summed E-state index contributed by atoms with van der Waals surface area (Å²) >= 11 is 0. The maximum absolute atomic E-state index is 12.0. The van der Waals surface area contributed by atoms with Crippen LogP contribution in [0.1, 0.15) is 31.1 Å². The van der Waals surface area contributed by atoms with Crippen molar-refractivity contribution in [2.75, 3.05) is 12.0 Å². The number of amides is 3. The predicted octanol–water partition coefficient (Wildman–Crippen LogP) is 1.59. The van der Waals surface area contributed by atoms with Crippen molar-refractivity contribution in [1.82, 2.24) is 10.2 Å². The SMILES string of the molecule is CC(=O)c1cccc(NCN2C(=O)NC(C)(C)C2=O)c1. The minimum absolute atomic E-state index is 0.0372. The molecule has 1 aliphatic rings. The van der Waals surface area contributed by atoms with E-state index in [0.29, 0.717) is 11.3 Å². The summed E-state index contributed by atoms with van der Waals surface area (Å²) < 4.78 is 0. The molecule has 0 atom stereocenters. The number of anilines is 1. The second-order valence-corrected chi connectivity index (χ2v) is 5.26. The molecule has 1 heterocycles. The number of imide groups is 1.